The van der Waals surface area contributed by atoms with Gasteiger partial charge in [-0.2, -0.15) is 8.42 Å². The van der Waals surface area contributed by atoms with E-state index in [1.807, 2.05) is 0 Å². The van der Waals surface area contributed by atoms with Crippen molar-refractivity contribution < 1.29 is 27.3 Å². The third kappa shape index (κ3) is 4.90. The lowest BCUT2D eigenvalue weighted by molar-refractivity contribution is -0.109. The molecule has 0 amide bonds. The van der Waals surface area contributed by atoms with Gasteiger partial charge >= 0.3 is 10.2 Å². The molecular formula is C11H13FO5S2. The maximum atomic E-state index is 12.6. The van der Waals surface area contributed by atoms with Crippen molar-refractivity contribution in [3.63, 3.8) is 0 Å². The SMILES string of the molecule is CC(=O)SCC(O)C(O)c1ccc(S(=O)(=O)F)cc1. The molecule has 5 nitrogen and oxygen atoms in total. The molecule has 1 rings (SSSR count). The van der Waals surface area contributed by atoms with Crippen molar-refractivity contribution in [3.05, 3.63) is 29.8 Å². The van der Waals surface area contributed by atoms with Gasteiger partial charge in [0.25, 0.3) is 0 Å². The van der Waals surface area contributed by atoms with Gasteiger partial charge < -0.3 is 10.2 Å². The third-order valence-electron chi connectivity index (χ3n) is 2.32. The zero-order valence-corrected chi connectivity index (χ0v) is 11.6. The van der Waals surface area contributed by atoms with Gasteiger partial charge in [0.1, 0.15) is 6.10 Å². The zero-order chi connectivity index (χ0) is 14.6. The van der Waals surface area contributed by atoms with Crippen LogP contribution in [0.3, 0.4) is 0 Å². The minimum absolute atomic E-state index is 0.0136. The lowest BCUT2D eigenvalue weighted by Crippen LogP contribution is -2.21. The first-order valence-electron chi connectivity index (χ1n) is 5.26. The summed E-state index contributed by atoms with van der Waals surface area (Å²) in [5, 5.41) is 19.2. The second-order valence-electron chi connectivity index (χ2n) is 3.82. The summed E-state index contributed by atoms with van der Waals surface area (Å²) in [6.45, 7) is 1.34. The average molecular weight is 308 g/mol. The minimum Gasteiger partial charge on any atom is -0.389 e. The highest BCUT2D eigenvalue weighted by molar-refractivity contribution is 8.13. The predicted octanol–water partition coefficient (Wildman–Crippen LogP) is 1.02. The van der Waals surface area contributed by atoms with Crippen LogP contribution >= 0.6 is 11.8 Å². The molecular weight excluding hydrogens is 295 g/mol. The zero-order valence-electron chi connectivity index (χ0n) is 9.98. The third-order valence-corrected chi connectivity index (χ3v) is 4.07. The maximum absolute atomic E-state index is 12.6. The van der Waals surface area contributed by atoms with Gasteiger partial charge in [-0.1, -0.05) is 23.9 Å². The van der Waals surface area contributed by atoms with Crippen LogP contribution in [0.15, 0.2) is 29.2 Å². The summed E-state index contributed by atoms with van der Waals surface area (Å²) in [5.74, 6) is 0.0136. The van der Waals surface area contributed by atoms with Crippen molar-refractivity contribution in [2.45, 2.75) is 24.0 Å². The Morgan fingerprint density at radius 2 is 1.84 bits per heavy atom. The Morgan fingerprint density at radius 1 is 1.32 bits per heavy atom. The van der Waals surface area contributed by atoms with Crippen LogP contribution in [0.5, 0.6) is 0 Å². The Morgan fingerprint density at radius 3 is 2.26 bits per heavy atom. The normalized spacial score (nSPS) is 14.9. The monoisotopic (exact) mass is 308 g/mol. The van der Waals surface area contributed by atoms with Crippen LogP contribution in [0.1, 0.15) is 18.6 Å². The maximum Gasteiger partial charge on any atom is 0.332 e. The van der Waals surface area contributed by atoms with Crippen LogP contribution in [0.2, 0.25) is 0 Å². The molecule has 0 spiro atoms. The fourth-order valence-electron chi connectivity index (χ4n) is 1.34. The summed E-state index contributed by atoms with van der Waals surface area (Å²) < 4.78 is 33.9. The quantitative estimate of drug-likeness (QED) is 0.789. The molecule has 106 valence electrons. The summed E-state index contributed by atoms with van der Waals surface area (Å²) in [5.41, 5.74) is 0.240. The minimum atomic E-state index is -4.78. The molecule has 0 bridgehead atoms. The highest BCUT2D eigenvalue weighted by atomic mass is 32.3. The van der Waals surface area contributed by atoms with Crippen molar-refractivity contribution in [3.8, 4) is 0 Å². The van der Waals surface area contributed by atoms with E-state index in [2.05, 4.69) is 0 Å². The number of thioether (sulfide) groups is 1. The molecule has 0 aliphatic rings. The van der Waals surface area contributed by atoms with E-state index in [1.54, 1.807) is 0 Å². The van der Waals surface area contributed by atoms with Gasteiger partial charge in [-0.15, -0.1) is 3.89 Å². The number of benzene rings is 1. The van der Waals surface area contributed by atoms with Crippen molar-refractivity contribution in [2.24, 2.45) is 0 Å². The summed E-state index contributed by atoms with van der Waals surface area (Å²) >= 11 is 0.865. The predicted molar refractivity (Wildman–Crippen MR) is 68.8 cm³/mol. The molecule has 2 unspecified atom stereocenters. The second kappa shape index (κ2) is 6.47. The van der Waals surface area contributed by atoms with E-state index >= 15 is 0 Å². The fraction of sp³-hybridized carbons (Fsp3) is 0.364. The van der Waals surface area contributed by atoms with Crippen LogP contribution in [0.25, 0.3) is 0 Å². The van der Waals surface area contributed by atoms with E-state index < -0.39 is 27.3 Å². The molecule has 0 saturated carbocycles. The molecule has 0 aromatic heterocycles. The molecule has 8 heteroatoms. The molecule has 1 aromatic carbocycles. The van der Waals surface area contributed by atoms with E-state index in [4.69, 9.17) is 0 Å². The molecule has 0 aliphatic carbocycles. The van der Waals surface area contributed by atoms with Crippen molar-refractivity contribution in [1.29, 1.82) is 0 Å². The number of hydrogen-bond donors (Lipinski definition) is 2. The Balaban J connectivity index is 2.77. The van der Waals surface area contributed by atoms with Gasteiger partial charge in [0, 0.05) is 12.7 Å². The Kier molecular flexibility index (Phi) is 5.48. The Labute approximate surface area is 114 Å². The molecule has 0 saturated heterocycles. The molecule has 2 N–H and O–H groups in total. The van der Waals surface area contributed by atoms with Gasteiger partial charge in [-0.3, -0.25) is 4.79 Å². The highest BCUT2D eigenvalue weighted by Crippen LogP contribution is 2.22. The summed E-state index contributed by atoms with van der Waals surface area (Å²) in [6.07, 6.45) is -2.45. The van der Waals surface area contributed by atoms with Crippen molar-refractivity contribution in [2.75, 3.05) is 5.75 Å². The molecule has 0 aliphatic heterocycles. The standard InChI is InChI=1S/C11H13FO5S2/c1-7(13)18-6-10(14)11(15)8-2-4-9(5-3-8)19(12,16)17/h2-5,10-11,14-15H,6H2,1H3. The molecule has 0 fully saturated rings. The highest BCUT2D eigenvalue weighted by Gasteiger charge is 2.20. The van der Waals surface area contributed by atoms with E-state index in [9.17, 15) is 27.3 Å². The van der Waals surface area contributed by atoms with E-state index in [0.29, 0.717) is 0 Å². The number of carbonyl (C=O) groups is 1. The number of aliphatic hydroxyl groups is 2. The topological polar surface area (TPSA) is 91.7 Å². The average Bonchev–Trinajstić information content (AvgIpc) is 2.34. The lowest BCUT2D eigenvalue weighted by atomic mass is 10.1. The molecule has 2 atom stereocenters. The Bertz CT molecular complexity index is 541. The van der Waals surface area contributed by atoms with E-state index in [-0.39, 0.29) is 16.4 Å². The molecule has 0 radical (unpaired) electrons. The summed E-state index contributed by atoms with van der Waals surface area (Å²) in [6, 6.07) is 4.41. The number of aliphatic hydroxyl groups excluding tert-OH is 2. The number of rotatable bonds is 5. The summed E-state index contributed by atoms with van der Waals surface area (Å²) in [4.78, 5) is 10.2. The second-order valence-corrected chi connectivity index (χ2v) is 6.37. The molecule has 0 heterocycles. The van der Waals surface area contributed by atoms with E-state index in [1.165, 1.54) is 19.1 Å². The first-order chi connectivity index (χ1) is 8.71. The summed E-state index contributed by atoms with van der Waals surface area (Å²) in [7, 11) is -4.78. The van der Waals surface area contributed by atoms with Gasteiger partial charge in [0.15, 0.2) is 5.12 Å². The number of halogens is 1. The molecule has 1 aromatic rings. The first-order valence-corrected chi connectivity index (χ1v) is 7.63. The van der Waals surface area contributed by atoms with Crippen molar-refractivity contribution >= 4 is 27.1 Å². The fourth-order valence-corrected chi connectivity index (χ4v) is 2.39. The van der Waals surface area contributed by atoms with Crippen LogP contribution in [-0.2, 0) is 15.0 Å². The van der Waals surface area contributed by atoms with Gasteiger partial charge in [0.2, 0.25) is 0 Å². The number of hydrogen-bond acceptors (Lipinski definition) is 6. The van der Waals surface area contributed by atoms with Crippen LogP contribution in [0, 0.1) is 0 Å². The van der Waals surface area contributed by atoms with Crippen LogP contribution < -0.4 is 0 Å². The smallest absolute Gasteiger partial charge is 0.332 e. The number of carbonyl (C=O) groups excluding carboxylic acids is 1. The van der Waals surface area contributed by atoms with Gasteiger partial charge in [-0.05, 0) is 17.7 Å². The Hall–Kier alpha value is -0.960. The van der Waals surface area contributed by atoms with E-state index in [0.717, 1.165) is 23.9 Å². The lowest BCUT2D eigenvalue weighted by Gasteiger charge is -2.17. The molecule has 19 heavy (non-hydrogen) atoms. The van der Waals surface area contributed by atoms with Gasteiger partial charge in [-0.25, -0.2) is 0 Å². The largest absolute Gasteiger partial charge is 0.389 e. The van der Waals surface area contributed by atoms with Gasteiger partial charge in [0.05, 0.1) is 11.0 Å². The first kappa shape index (κ1) is 16.1. The van der Waals surface area contributed by atoms with Crippen LogP contribution in [0.4, 0.5) is 3.89 Å². The van der Waals surface area contributed by atoms with Crippen molar-refractivity contribution in [1.82, 2.24) is 0 Å². The van der Waals surface area contributed by atoms with Crippen LogP contribution in [-0.4, -0.2) is 35.6 Å².